The summed E-state index contributed by atoms with van der Waals surface area (Å²) in [5.41, 5.74) is 3.14. The molecule has 78 valence electrons. The Hall–Kier alpha value is -1.59. The van der Waals surface area contributed by atoms with Gasteiger partial charge in [0.15, 0.2) is 0 Å². The molecule has 0 aliphatic heterocycles. The van der Waals surface area contributed by atoms with Crippen molar-refractivity contribution in [2.45, 2.75) is 19.9 Å². The molecule has 0 spiro atoms. The lowest BCUT2D eigenvalue weighted by Gasteiger charge is -2.06. The van der Waals surface area contributed by atoms with Gasteiger partial charge in [0.1, 0.15) is 0 Å². The predicted molar refractivity (Wildman–Crippen MR) is 62.4 cm³/mol. The van der Waals surface area contributed by atoms with E-state index in [-0.39, 0.29) is 0 Å². The standard InChI is InChI=1S/C13H16N2/c1-3-4-7-15-10-13-6-5-12(9-14)8-11(13)2/h3,5-6,8,15H,1,4,7,10H2,2H3. The zero-order valence-electron chi connectivity index (χ0n) is 9.09. The zero-order valence-corrected chi connectivity index (χ0v) is 9.09. The molecule has 0 bridgehead atoms. The summed E-state index contributed by atoms with van der Waals surface area (Å²) in [6, 6.07) is 7.93. The number of aryl methyl sites for hydroxylation is 1. The molecule has 0 unspecified atom stereocenters. The van der Waals surface area contributed by atoms with Gasteiger partial charge in [0.2, 0.25) is 0 Å². The second-order valence-electron chi connectivity index (χ2n) is 3.51. The van der Waals surface area contributed by atoms with Crippen molar-refractivity contribution in [3.8, 4) is 6.07 Å². The maximum Gasteiger partial charge on any atom is 0.0991 e. The van der Waals surface area contributed by atoms with E-state index in [1.165, 1.54) is 11.1 Å². The van der Waals surface area contributed by atoms with Crippen LogP contribution in [0.2, 0.25) is 0 Å². The zero-order chi connectivity index (χ0) is 11.1. The van der Waals surface area contributed by atoms with E-state index < -0.39 is 0 Å². The number of rotatable bonds is 5. The molecule has 1 aromatic carbocycles. The van der Waals surface area contributed by atoms with E-state index in [9.17, 15) is 0 Å². The third-order valence-electron chi connectivity index (χ3n) is 2.31. The Labute approximate surface area is 91.2 Å². The normalized spacial score (nSPS) is 9.60. The molecule has 15 heavy (non-hydrogen) atoms. The highest BCUT2D eigenvalue weighted by atomic mass is 14.8. The first kappa shape index (κ1) is 11.5. The van der Waals surface area contributed by atoms with Crippen LogP contribution in [0.1, 0.15) is 23.1 Å². The summed E-state index contributed by atoms with van der Waals surface area (Å²) in [5, 5.41) is 12.0. The molecule has 0 heterocycles. The number of nitriles is 1. The van der Waals surface area contributed by atoms with Crippen molar-refractivity contribution >= 4 is 0 Å². The Bertz CT molecular complexity index is 375. The van der Waals surface area contributed by atoms with Gasteiger partial charge in [0.05, 0.1) is 11.6 Å². The lowest BCUT2D eigenvalue weighted by atomic mass is 10.1. The molecule has 0 saturated carbocycles. The van der Waals surface area contributed by atoms with Gasteiger partial charge in [-0.05, 0) is 43.1 Å². The monoisotopic (exact) mass is 200 g/mol. The summed E-state index contributed by atoms with van der Waals surface area (Å²) in [6.45, 7) is 7.50. The van der Waals surface area contributed by atoms with Crippen LogP contribution < -0.4 is 5.32 Å². The fourth-order valence-electron chi connectivity index (χ4n) is 1.39. The Morgan fingerprint density at radius 1 is 1.53 bits per heavy atom. The number of benzene rings is 1. The Morgan fingerprint density at radius 3 is 2.93 bits per heavy atom. The summed E-state index contributed by atoms with van der Waals surface area (Å²) in [4.78, 5) is 0. The predicted octanol–water partition coefficient (Wildman–Crippen LogP) is 2.53. The van der Waals surface area contributed by atoms with Crippen LogP contribution in [0.25, 0.3) is 0 Å². The van der Waals surface area contributed by atoms with Crippen LogP contribution in [-0.4, -0.2) is 6.54 Å². The number of nitrogens with zero attached hydrogens (tertiary/aromatic N) is 1. The van der Waals surface area contributed by atoms with Crippen molar-refractivity contribution < 1.29 is 0 Å². The maximum absolute atomic E-state index is 8.72. The van der Waals surface area contributed by atoms with E-state index in [4.69, 9.17) is 5.26 Å². The summed E-state index contributed by atoms with van der Waals surface area (Å²) in [6.07, 6.45) is 2.88. The summed E-state index contributed by atoms with van der Waals surface area (Å²) < 4.78 is 0. The second kappa shape index (κ2) is 6.00. The second-order valence-corrected chi connectivity index (χ2v) is 3.51. The van der Waals surface area contributed by atoms with Gasteiger partial charge in [0.25, 0.3) is 0 Å². The van der Waals surface area contributed by atoms with E-state index >= 15 is 0 Å². The SMILES string of the molecule is C=CCCNCc1ccc(C#N)cc1C. The molecule has 1 N–H and O–H groups in total. The molecular weight excluding hydrogens is 184 g/mol. The third-order valence-corrected chi connectivity index (χ3v) is 2.31. The van der Waals surface area contributed by atoms with Gasteiger partial charge in [-0.2, -0.15) is 5.26 Å². The topological polar surface area (TPSA) is 35.8 Å². The fourth-order valence-corrected chi connectivity index (χ4v) is 1.39. The van der Waals surface area contributed by atoms with Gasteiger partial charge < -0.3 is 5.32 Å². The van der Waals surface area contributed by atoms with Crippen molar-refractivity contribution in [3.05, 3.63) is 47.5 Å². The molecule has 2 nitrogen and oxygen atoms in total. The first-order valence-electron chi connectivity index (χ1n) is 5.09. The Kier molecular flexibility index (Phi) is 4.59. The Morgan fingerprint density at radius 2 is 2.33 bits per heavy atom. The van der Waals surface area contributed by atoms with Crippen LogP contribution in [-0.2, 0) is 6.54 Å². The first-order chi connectivity index (χ1) is 7.27. The Balaban J connectivity index is 2.55. The molecule has 0 aromatic heterocycles. The highest BCUT2D eigenvalue weighted by Gasteiger charge is 1.98. The van der Waals surface area contributed by atoms with Gasteiger partial charge in [-0.25, -0.2) is 0 Å². The van der Waals surface area contributed by atoms with Crippen molar-refractivity contribution in [3.63, 3.8) is 0 Å². The number of hydrogen-bond acceptors (Lipinski definition) is 2. The van der Waals surface area contributed by atoms with Crippen molar-refractivity contribution in [1.29, 1.82) is 5.26 Å². The molecule has 0 radical (unpaired) electrons. The lowest BCUT2D eigenvalue weighted by Crippen LogP contribution is -2.14. The maximum atomic E-state index is 8.72. The molecule has 0 fully saturated rings. The molecule has 0 aliphatic carbocycles. The first-order valence-corrected chi connectivity index (χ1v) is 5.09. The molecule has 0 atom stereocenters. The molecule has 1 rings (SSSR count). The van der Waals surface area contributed by atoms with Crippen LogP contribution in [0, 0.1) is 18.3 Å². The lowest BCUT2D eigenvalue weighted by molar-refractivity contribution is 0.693. The van der Waals surface area contributed by atoms with E-state index in [0.717, 1.165) is 25.1 Å². The van der Waals surface area contributed by atoms with E-state index in [1.54, 1.807) is 0 Å². The van der Waals surface area contributed by atoms with Crippen LogP contribution >= 0.6 is 0 Å². The molecule has 1 aromatic rings. The van der Waals surface area contributed by atoms with Gasteiger partial charge in [-0.15, -0.1) is 6.58 Å². The average molecular weight is 200 g/mol. The minimum Gasteiger partial charge on any atom is -0.312 e. The largest absolute Gasteiger partial charge is 0.312 e. The van der Waals surface area contributed by atoms with E-state index in [2.05, 4.69) is 18.0 Å². The smallest absolute Gasteiger partial charge is 0.0991 e. The minimum absolute atomic E-state index is 0.724. The van der Waals surface area contributed by atoms with Crippen LogP contribution in [0.4, 0.5) is 0 Å². The van der Waals surface area contributed by atoms with Gasteiger partial charge in [0, 0.05) is 6.54 Å². The van der Waals surface area contributed by atoms with Gasteiger partial charge >= 0.3 is 0 Å². The van der Waals surface area contributed by atoms with Crippen LogP contribution in [0.15, 0.2) is 30.9 Å². The summed E-state index contributed by atoms with van der Waals surface area (Å²) in [7, 11) is 0. The van der Waals surface area contributed by atoms with Crippen LogP contribution in [0.5, 0.6) is 0 Å². The molecule has 0 aliphatic rings. The number of hydrogen-bond donors (Lipinski definition) is 1. The fraction of sp³-hybridized carbons (Fsp3) is 0.308. The molecule has 0 amide bonds. The van der Waals surface area contributed by atoms with Gasteiger partial charge in [-0.3, -0.25) is 0 Å². The average Bonchev–Trinajstić information content (AvgIpc) is 2.26. The van der Waals surface area contributed by atoms with E-state index in [0.29, 0.717) is 0 Å². The van der Waals surface area contributed by atoms with Crippen LogP contribution in [0.3, 0.4) is 0 Å². The van der Waals surface area contributed by atoms with Crippen molar-refractivity contribution in [2.75, 3.05) is 6.54 Å². The van der Waals surface area contributed by atoms with Crippen molar-refractivity contribution in [1.82, 2.24) is 5.32 Å². The molecular formula is C13H16N2. The highest BCUT2D eigenvalue weighted by molar-refractivity contribution is 5.37. The molecule has 0 saturated heterocycles. The van der Waals surface area contributed by atoms with E-state index in [1.807, 2.05) is 31.2 Å². The van der Waals surface area contributed by atoms with Gasteiger partial charge in [-0.1, -0.05) is 12.1 Å². The molecule has 2 heteroatoms. The summed E-state index contributed by atoms with van der Waals surface area (Å²) >= 11 is 0. The minimum atomic E-state index is 0.724. The number of nitrogens with one attached hydrogen (secondary N) is 1. The highest BCUT2D eigenvalue weighted by Crippen LogP contribution is 2.10. The van der Waals surface area contributed by atoms with Crippen molar-refractivity contribution in [2.24, 2.45) is 0 Å². The summed E-state index contributed by atoms with van der Waals surface area (Å²) in [5.74, 6) is 0. The third kappa shape index (κ3) is 3.57. The quantitative estimate of drug-likeness (QED) is 0.585.